The lowest BCUT2D eigenvalue weighted by atomic mass is 9.82. The van der Waals surface area contributed by atoms with Gasteiger partial charge in [0.2, 0.25) is 5.89 Å². The van der Waals surface area contributed by atoms with E-state index in [0.29, 0.717) is 5.89 Å². The molecule has 0 saturated carbocycles. The molecule has 0 radical (unpaired) electrons. The van der Waals surface area contributed by atoms with Crippen molar-refractivity contribution in [2.75, 3.05) is 4.90 Å². The number of oxazole rings is 1. The average molecular weight is 679 g/mol. The number of aromatic nitrogens is 1. The van der Waals surface area contributed by atoms with E-state index in [1.54, 1.807) is 0 Å². The van der Waals surface area contributed by atoms with Crippen molar-refractivity contribution in [3.8, 4) is 56.3 Å². The maximum Gasteiger partial charge on any atom is 0.227 e. The van der Waals surface area contributed by atoms with Crippen LogP contribution in [0.5, 0.6) is 0 Å². The van der Waals surface area contributed by atoms with Gasteiger partial charge in [-0.2, -0.15) is 0 Å². The van der Waals surface area contributed by atoms with Crippen LogP contribution in [0, 0.1) is 0 Å². The quantitative estimate of drug-likeness (QED) is 0.181. The number of nitrogens with zero attached hydrogens (tertiary/aromatic N) is 2. The summed E-state index contributed by atoms with van der Waals surface area (Å²) in [5.74, 6) is 1.50. The normalized spacial score (nSPS) is 13.2. The first-order valence-electron chi connectivity index (χ1n) is 18.3. The lowest BCUT2D eigenvalue weighted by Crippen LogP contribution is -2.16. The number of rotatable bonds is 5. The summed E-state index contributed by atoms with van der Waals surface area (Å²) in [6, 6.07) is 61.3. The first-order valence-corrected chi connectivity index (χ1v) is 18.3. The summed E-state index contributed by atoms with van der Waals surface area (Å²) >= 11 is 0. The maximum atomic E-state index is 6.49. The Balaban J connectivity index is 1.11. The molecule has 0 bridgehead atoms. The summed E-state index contributed by atoms with van der Waals surface area (Å²) in [6.45, 7) is 4.70. The summed E-state index contributed by atoms with van der Waals surface area (Å²) in [4.78, 5) is 7.46. The molecule has 0 aliphatic heterocycles. The summed E-state index contributed by atoms with van der Waals surface area (Å²) in [5, 5.41) is 4.78. The fourth-order valence-corrected chi connectivity index (χ4v) is 8.90. The molecular weight excluding hydrogens is 645 g/mol. The molecule has 11 rings (SSSR count). The van der Waals surface area contributed by atoms with Crippen molar-refractivity contribution in [2.24, 2.45) is 0 Å². The van der Waals surface area contributed by atoms with Crippen molar-refractivity contribution in [3.05, 3.63) is 181 Å². The molecule has 3 nitrogen and oxygen atoms in total. The Morgan fingerprint density at radius 2 is 1.17 bits per heavy atom. The van der Waals surface area contributed by atoms with Crippen LogP contribution in [0.2, 0.25) is 0 Å². The Hall–Kier alpha value is -6.71. The van der Waals surface area contributed by atoms with Gasteiger partial charge in [-0.15, -0.1) is 0 Å². The van der Waals surface area contributed by atoms with Gasteiger partial charge in [-0.05, 0) is 92.7 Å². The predicted octanol–water partition coefficient (Wildman–Crippen LogP) is 13.7. The summed E-state index contributed by atoms with van der Waals surface area (Å²) < 4.78 is 6.49. The van der Waals surface area contributed by atoms with E-state index in [4.69, 9.17) is 9.40 Å². The van der Waals surface area contributed by atoms with Crippen LogP contribution < -0.4 is 4.90 Å². The highest BCUT2D eigenvalue weighted by Gasteiger charge is 2.36. The second-order valence-corrected chi connectivity index (χ2v) is 14.7. The second kappa shape index (κ2) is 11.1. The topological polar surface area (TPSA) is 29.3 Å². The Bertz CT molecular complexity index is 2890. The van der Waals surface area contributed by atoms with Gasteiger partial charge >= 0.3 is 0 Å². The zero-order chi connectivity index (χ0) is 35.3. The van der Waals surface area contributed by atoms with E-state index in [2.05, 4.69) is 158 Å². The monoisotopic (exact) mass is 678 g/mol. The molecule has 0 amide bonds. The molecule has 53 heavy (non-hydrogen) atoms. The molecule has 0 saturated heterocycles. The minimum Gasteiger partial charge on any atom is -0.435 e. The molecule has 250 valence electrons. The molecule has 0 N–H and O–H groups in total. The predicted molar refractivity (Wildman–Crippen MR) is 219 cm³/mol. The Morgan fingerprint density at radius 3 is 2.04 bits per heavy atom. The molecule has 1 aromatic heterocycles. The molecule has 0 atom stereocenters. The third-order valence-electron chi connectivity index (χ3n) is 11.4. The van der Waals surface area contributed by atoms with E-state index in [9.17, 15) is 0 Å². The average Bonchev–Trinajstić information content (AvgIpc) is 3.85. The maximum absolute atomic E-state index is 6.49. The van der Waals surface area contributed by atoms with E-state index < -0.39 is 0 Å². The van der Waals surface area contributed by atoms with Crippen LogP contribution in [-0.4, -0.2) is 4.98 Å². The van der Waals surface area contributed by atoms with Gasteiger partial charge in [0.25, 0.3) is 0 Å². The smallest absolute Gasteiger partial charge is 0.227 e. The van der Waals surface area contributed by atoms with Crippen molar-refractivity contribution in [2.45, 2.75) is 19.3 Å². The minimum absolute atomic E-state index is 0.108. The zero-order valence-electron chi connectivity index (χ0n) is 29.5. The number of hydrogen-bond donors (Lipinski definition) is 0. The molecule has 0 spiro atoms. The van der Waals surface area contributed by atoms with Crippen molar-refractivity contribution in [1.29, 1.82) is 0 Å². The highest BCUT2D eigenvalue weighted by Crippen LogP contribution is 2.53. The van der Waals surface area contributed by atoms with Crippen molar-refractivity contribution < 1.29 is 4.42 Å². The van der Waals surface area contributed by atoms with Crippen LogP contribution in [0.1, 0.15) is 25.0 Å². The van der Waals surface area contributed by atoms with E-state index in [1.807, 2.05) is 30.3 Å². The minimum atomic E-state index is -0.108. The first kappa shape index (κ1) is 30.0. The number of para-hydroxylation sites is 1. The van der Waals surface area contributed by atoms with Gasteiger partial charge in [0.15, 0.2) is 5.76 Å². The fraction of sp³-hybridized carbons (Fsp3) is 0.0600. The lowest BCUT2D eigenvalue weighted by molar-refractivity contribution is 0.590. The largest absolute Gasteiger partial charge is 0.435 e. The molecule has 8 aromatic carbocycles. The fourth-order valence-electron chi connectivity index (χ4n) is 8.90. The molecule has 0 unspecified atom stereocenters. The lowest BCUT2D eigenvalue weighted by Gasteiger charge is -2.29. The third kappa shape index (κ3) is 4.37. The number of anilines is 3. The first-order chi connectivity index (χ1) is 26.0. The van der Waals surface area contributed by atoms with Crippen LogP contribution in [-0.2, 0) is 5.41 Å². The molecule has 9 aromatic rings. The van der Waals surface area contributed by atoms with Gasteiger partial charge in [0.05, 0.1) is 5.69 Å². The van der Waals surface area contributed by atoms with Crippen molar-refractivity contribution >= 4 is 38.6 Å². The van der Waals surface area contributed by atoms with Crippen molar-refractivity contribution in [3.63, 3.8) is 0 Å². The SMILES string of the molecule is CC1(C)c2ccccc2-c2ccc(N(c3ccccc3)c3cc(-c4ccc5c6c(cccc46)-c4oc(-c6ccccc6)nc4-5)cc4ccccc34)cc21. The molecule has 2 aliphatic carbocycles. The van der Waals surface area contributed by atoms with Gasteiger partial charge in [-0.1, -0.05) is 135 Å². The van der Waals surface area contributed by atoms with Crippen molar-refractivity contribution in [1.82, 2.24) is 4.98 Å². The zero-order valence-corrected chi connectivity index (χ0v) is 29.5. The Labute approximate surface area is 308 Å². The summed E-state index contributed by atoms with van der Waals surface area (Å²) in [6.07, 6.45) is 0. The standard InChI is InChI=1S/C50H34N2O/c1-50(2)43-23-12-11-20-38(43)39-25-24-35(30-44(39)50)52(34-17-7-4-8-18-34)45-29-33(28-32-16-9-10-19-37(32)45)36-26-27-41-46-40(36)21-13-22-42(46)48-47(41)51-49(53-48)31-14-5-3-6-15-31/h3-30H,1-2H3. The number of benzene rings is 8. The van der Waals surface area contributed by atoms with Crippen LogP contribution >= 0.6 is 0 Å². The van der Waals surface area contributed by atoms with E-state index in [-0.39, 0.29) is 5.41 Å². The third-order valence-corrected chi connectivity index (χ3v) is 11.4. The van der Waals surface area contributed by atoms with Gasteiger partial charge in [0.1, 0.15) is 5.69 Å². The molecule has 2 aliphatic rings. The number of fused-ring (bicyclic) bond motifs is 7. The molecular formula is C50H34N2O. The van der Waals surface area contributed by atoms with Gasteiger partial charge in [-0.3, -0.25) is 0 Å². The molecule has 0 fully saturated rings. The van der Waals surface area contributed by atoms with Gasteiger partial charge < -0.3 is 9.32 Å². The van der Waals surface area contributed by atoms with E-state index >= 15 is 0 Å². The van der Waals surface area contributed by atoms with E-state index in [0.717, 1.165) is 45.2 Å². The van der Waals surface area contributed by atoms with Crippen LogP contribution in [0.3, 0.4) is 0 Å². The highest BCUT2D eigenvalue weighted by atomic mass is 16.4. The second-order valence-electron chi connectivity index (χ2n) is 14.7. The number of hydrogen-bond acceptors (Lipinski definition) is 3. The van der Waals surface area contributed by atoms with Gasteiger partial charge in [-0.25, -0.2) is 4.98 Å². The van der Waals surface area contributed by atoms with Gasteiger partial charge in [0, 0.05) is 44.3 Å². The Morgan fingerprint density at radius 1 is 0.491 bits per heavy atom. The summed E-state index contributed by atoms with van der Waals surface area (Å²) in [7, 11) is 0. The molecule has 3 heteroatoms. The van der Waals surface area contributed by atoms with Crippen LogP contribution in [0.25, 0.3) is 77.8 Å². The Kier molecular flexibility index (Phi) is 6.30. The summed E-state index contributed by atoms with van der Waals surface area (Å²) in [5.41, 5.74) is 15.1. The van der Waals surface area contributed by atoms with Crippen LogP contribution in [0.15, 0.2) is 174 Å². The van der Waals surface area contributed by atoms with E-state index in [1.165, 1.54) is 54.9 Å². The molecule has 1 heterocycles. The van der Waals surface area contributed by atoms with Crippen LogP contribution in [0.4, 0.5) is 17.1 Å². The highest BCUT2D eigenvalue weighted by molar-refractivity contribution is 6.18.